The third kappa shape index (κ3) is 4.36. The van der Waals surface area contributed by atoms with Gasteiger partial charge in [-0.25, -0.2) is 6.07 Å². The molecule has 0 heterocycles. The molecule has 2 rings (SSSR count). The summed E-state index contributed by atoms with van der Waals surface area (Å²) >= 11 is 0. The van der Waals surface area contributed by atoms with Gasteiger partial charge in [0.15, 0.2) is 0 Å². The first-order valence-corrected chi connectivity index (χ1v) is 4.53. The van der Waals surface area contributed by atoms with Gasteiger partial charge in [0.25, 0.3) is 0 Å². The van der Waals surface area contributed by atoms with Crippen molar-refractivity contribution in [2.45, 2.75) is 39.5 Å². The maximum atomic E-state index is 2.38. The molecule has 0 unspecified atom stereocenters. The van der Waals surface area contributed by atoms with Crippen LogP contribution in [0.25, 0.3) is 0 Å². The number of aryl methyl sites for hydroxylation is 2. The van der Waals surface area contributed by atoms with Crippen LogP contribution in [0.3, 0.4) is 0 Å². The van der Waals surface area contributed by atoms with Crippen LogP contribution in [0.15, 0.2) is 6.07 Å². The van der Waals surface area contributed by atoms with E-state index in [-0.39, 0.29) is 58.9 Å². The van der Waals surface area contributed by atoms with Crippen LogP contribution in [0.2, 0.25) is 0 Å². The van der Waals surface area contributed by atoms with Gasteiger partial charge >= 0.3 is 0 Å². The Bertz CT molecular complexity index is 282. The summed E-state index contributed by atoms with van der Waals surface area (Å²) in [6.45, 7) is 4.49. The van der Waals surface area contributed by atoms with Crippen LogP contribution in [-0.2, 0) is 34.6 Å². The fourth-order valence-electron chi connectivity index (χ4n) is 2.12. The second-order valence-corrected chi connectivity index (χ2v) is 3.66. The van der Waals surface area contributed by atoms with Gasteiger partial charge < -0.3 is 0 Å². The van der Waals surface area contributed by atoms with E-state index in [4.69, 9.17) is 0 Å². The van der Waals surface area contributed by atoms with Crippen molar-refractivity contribution in [1.29, 1.82) is 0 Å². The zero-order chi connectivity index (χ0) is 7.84. The largest absolute Gasteiger partial charge is 0.207 e. The van der Waals surface area contributed by atoms with E-state index < -0.39 is 0 Å². The zero-order valence-electron chi connectivity index (χ0n) is 9.13. The predicted octanol–water partition coefficient (Wildman–Crippen LogP) is 4.16. The van der Waals surface area contributed by atoms with Gasteiger partial charge in [0.2, 0.25) is 0 Å². The summed E-state index contributed by atoms with van der Waals surface area (Å²) in [5.41, 5.74) is 6.34. The third-order valence-corrected chi connectivity index (χ3v) is 2.95. The van der Waals surface area contributed by atoms with Gasteiger partial charge in [-0.15, -0.1) is 37.2 Å². The van der Waals surface area contributed by atoms with Crippen molar-refractivity contribution < 1.29 is 21.7 Å². The SMILES string of the molecule is Cc1cc2c([c-]1C)CCCC2.Cl.Cl.Cl.[Ti]. The second kappa shape index (κ2) is 9.02. The number of rotatable bonds is 0. The number of halogens is 3. The minimum atomic E-state index is 0. The fourth-order valence-corrected chi connectivity index (χ4v) is 2.12. The summed E-state index contributed by atoms with van der Waals surface area (Å²) in [6.07, 6.45) is 5.45. The number of fused-ring (bicyclic) bond motifs is 1. The van der Waals surface area contributed by atoms with Crippen LogP contribution < -0.4 is 0 Å². The van der Waals surface area contributed by atoms with Crippen molar-refractivity contribution in [3.05, 3.63) is 28.3 Å². The molecule has 0 N–H and O–H groups in total. The zero-order valence-corrected chi connectivity index (χ0v) is 13.1. The van der Waals surface area contributed by atoms with E-state index in [1.807, 2.05) is 0 Å². The van der Waals surface area contributed by atoms with Gasteiger partial charge in [-0.3, -0.25) is 0 Å². The molecule has 0 fully saturated rings. The molecular weight excluding hydrogens is 286 g/mol. The van der Waals surface area contributed by atoms with Gasteiger partial charge in [-0.05, 0) is 0 Å². The van der Waals surface area contributed by atoms with E-state index in [1.165, 1.54) is 31.2 Å². The van der Waals surface area contributed by atoms with E-state index in [0.29, 0.717) is 0 Å². The Hall–Kier alpha value is 0.934. The van der Waals surface area contributed by atoms with Crippen LogP contribution in [0.1, 0.15) is 35.1 Å². The van der Waals surface area contributed by atoms with Crippen LogP contribution in [0, 0.1) is 13.8 Å². The molecule has 1 aromatic carbocycles. The van der Waals surface area contributed by atoms with Gasteiger partial charge in [0.1, 0.15) is 0 Å². The van der Waals surface area contributed by atoms with E-state index in [9.17, 15) is 0 Å². The fraction of sp³-hybridized carbons (Fsp3) is 0.545. The molecule has 15 heavy (non-hydrogen) atoms. The smallest absolute Gasteiger partial charge is 0 e. The Balaban J connectivity index is -0.000000360. The van der Waals surface area contributed by atoms with Crippen molar-refractivity contribution in [3.63, 3.8) is 0 Å². The predicted molar refractivity (Wildman–Crippen MR) is 69.9 cm³/mol. The summed E-state index contributed by atoms with van der Waals surface area (Å²) in [5, 5.41) is 0. The summed E-state index contributed by atoms with van der Waals surface area (Å²) in [7, 11) is 0. The van der Waals surface area contributed by atoms with Crippen molar-refractivity contribution in [2.24, 2.45) is 0 Å². The molecule has 0 spiro atoms. The molecule has 0 aliphatic heterocycles. The molecule has 0 atom stereocenters. The van der Waals surface area contributed by atoms with Crippen LogP contribution in [0.4, 0.5) is 0 Å². The van der Waals surface area contributed by atoms with E-state index in [0.717, 1.165) is 0 Å². The molecule has 0 nitrogen and oxygen atoms in total. The molecular formula is C11H18Cl3Ti-. The summed E-state index contributed by atoms with van der Waals surface area (Å²) < 4.78 is 0. The van der Waals surface area contributed by atoms with Gasteiger partial charge in [0, 0.05) is 21.7 Å². The molecule has 0 amide bonds. The first kappa shape index (κ1) is 21.2. The molecule has 4 heteroatoms. The summed E-state index contributed by atoms with van der Waals surface area (Å²) in [5.74, 6) is 0. The molecule has 1 aliphatic rings. The van der Waals surface area contributed by atoms with Gasteiger partial charge in [-0.2, -0.15) is 22.3 Å². The van der Waals surface area contributed by atoms with Crippen LogP contribution in [-0.4, -0.2) is 0 Å². The Morgan fingerprint density at radius 1 is 1.07 bits per heavy atom. The first-order chi connectivity index (χ1) is 5.29. The molecule has 88 valence electrons. The van der Waals surface area contributed by atoms with Crippen molar-refractivity contribution >= 4 is 37.2 Å². The maximum Gasteiger partial charge on any atom is 0 e. The molecule has 0 radical (unpaired) electrons. The monoisotopic (exact) mass is 303 g/mol. The molecule has 0 saturated carbocycles. The van der Waals surface area contributed by atoms with Crippen LogP contribution in [0.5, 0.6) is 0 Å². The Kier molecular flexibility index (Phi) is 12.8. The summed E-state index contributed by atoms with van der Waals surface area (Å²) in [6, 6.07) is 2.38. The second-order valence-electron chi connectivity index (χ2n) is 3.66. The Morgan fingerprint density at radius 3 is 2.13 bits per heavy atom. The topological polar surface area (TPSA) is 0 Å². The van der Waals surface area contributed by atoms with Gasteiger partial charge in [0.05, 0.1) is 0 Å². The molecule has 0 bridgehead atoms. The maximum absolute atomic E-state index is 2.38. The normalized spacial score (nSPS) is 12.1. The van der Waals surface area contributed by atoms with Crippen molar-refractivity contribution in [1.82, 2.24) is 0 Å². The Labute approximate surface area is 126 Å². The summed E-state index contributed by atoms with van der Waals surface area (Å²) in [4.78, 5) is 0. The van der Waals surface area contributed by atoms with E-state index in [1.54, 1.807) is 16.7 Å². The average Bonchev–Trinajstić information content (AvgIpc) is 2.30. The number of hydrogen-bond acceptors (Lipinski definition) is 0. The molecule has 0 aromatic heterocycles. The van der Waals surface area contributed by atoms with Crippen LogP contribution >= 0.6 is 37.2 Å². The molecule has 1 aliphatic carbocycles. The minimum Gasteiger partial charge on any atom is -0.207 e. The molecule has 1 aromatic rings. The van der Waals surface area contributed by atoms with E-state index in [2.05, 4.69) is 19.9 Å². The third-order valence-electron chi connectivity index (χ3n) is 2.95. The minimum absolute atomic E-state index is 0. The quantitative estimate of drug-likeness (QED) is 0.498. The van der Waals surface area contributed by atoms with E-state index >= 15 is 0 Å². The number of hydrogen-bond donors (Lipinski definition) is 0. The van der Waals surface area contributed by atoms with Crippen molar-refractivity contribution in [2.75, 3.05) is 0 Å². The standard InChI is InChI=1S/C11H15.3ClH.Ti/c1-8-7-10-5-3-4-6-11(10)9(8)2;;;;/h7H,3-6H2,1-2H3;3*1H;/q-1;;;;. The molecule has 0 saturated heterocycles. The van der Waals surface area contributed by atoms with Crippen molar-refractivity contribution in [3.8, 4) is 0 Å². The first-order valence-electron chi connectivity index (χ1n) is 4.53. The Morgan fingerprint density at radius 2 is 1.60 bits per heavy atom. The average molecular weight is 304 g/mol. The van der Waals surface area contributed by atoms with Gasteiger partial charge in [-0.1, -0.05) is 39.5 Å².